The number of carbonyl (C=O) groups excluding carboxylic acids is 7. The average molecular weight is 834 g/mol. The fraction of sp³-hybridized carbons (Fsp3) is 0.514. The molecule has 2 aromatic rings. The number of carboxylic acid groups (broad SMARTS) is 1. The number of carbonyl (C=O) groups is 8. The highest BCUT2D eigenvalue weighted by atomic mass is 32.1. The predicted octanol–water partition coefficient (Wildman–Crippen LogP) is -2.59. The van der Waals surface area contributed by atoms with E-state index in [1.54, 1.807) is 24.4 Å². The number of nitrogens with zero attached hydrogens (tertiary/aromatic N) is 2. The first-order valence-corrected chi connectivity index (χ1v) is 19.5. The Bertz CT molecular complexity index is 1800. The summed E-state index contributed by atoms with van der Waals surface area (Å²) < 4.78 is 0. The SMILES string of the molecule is NCCCC[C@H](NC(=O)CCS)C(=O)NCC(=O)N[C@@H](CC(=O)O)C(=O)N[C@@H](Cc1c[nH]c2ccccc12)C(=O)N1CCC[C@H]1C(=O)N[C@@H](CS)C(=O)N=C(N)N. The van der Waals surface area contributed by atoms with Crippen LogP contribution in [0.3, 0.4) is 0 Å². The molecular formula is C35H51N11O9S2. The highest BCUT2D eigenvalue weighted by Gasteiger charge is 2.40. The summed E-state index contributed by atoms with van der Waals surface area (Å²) in [4.78, 5) is 112. The van der Waals surface area contributed by atoms with Gasteiger partial charge in [0.15, 0.2) is 5.96 Å². The number of aliphatic imine (C=N–C) groups is 1. The maximum atomic E-state index is 14.3. The number of aliphatic carboxylic acids is 1. The molecule has 7 amide bonds. The predicted molar refractivity (Wildman–Crippen MR) is 216 cm³/mol. The number of H-pyrrole nitrogens is 1. The van der Waals surface area contributed by atoms with E-state index in [9.17, 15) is 43.5 Å². The van der Waals surface area contributed by atoms with Gasteiger partial charge in [0, 0.05) is 42.2 Å². The number of aromatic nitrogens is 1. The molecule has 13 N–H and O–H groups in total. The standard InChI is InChI=1S/C35H51N11O9S2/c36-11-4-3-8-22(41-27(47)10-13-56)30(51)40-17-28(48)42-23(15-29(49)50)31(52)43-24(14-19-16-39-21-7-2-1-6-20(19)21)34(55)46-12-5-9-26(46)33(54)44-25(18-57)32(53)45-35(37)38/h1-2,6-7,16,22-26,39,56-57H,3-5,8-15,17-18,36H2,(H,40,51)(H,41,47)(H,42,48)(H,43,52)(H,44,54)(H,49,50)(H4,37,38,45,53)/t22-,23-,24-,25-,26-/m0/s1. The summed E-state index contributed by atoms with van der Waals surface area (Å²) in [6.45, 7) is -0.182. The van der Waals surface area contributed by atoms with Crippen molar-refractivity contribution in [1.29, 1.82) is 0 Å². The van der Waals surface area contributed by atoms with Gasteiger partial charge in [-0.1, -0.05) is 18.2 Å². The van der Waals surface area contributed by atoms with Crippen LogP contribution in [0.4, 0.5) is 0 Å². The number of benzene rings is 1. The summed E-state index contributed by atoms with van der Waals surface area (Å²) in [5, 5.41) is 22.8. The van der Waals surface area contributed by atoms with Crippen LogP contribution in [0.25, 0.3) is 10.9 Å². The zero-order valence-electron chi connectivity index (χ0n) is 31.2. The van der Waals surface area contributed by atoms with E-state index in [1.165, 1.54) is 4.90 Å². The normalized spacial score (nSPS) is 15.7. The van der Waals surface area contributed by atoms with Crippen LogP contribution < -0.4 is 43.8 Å². The first-order valence-electron chi connectivity index (χ1n) is 18.3. The molecule has 0 saturated carbocycles. The van der Waals surface area contributed by atoms with Crippen molar-refractivity contribution >= 4 is 89.4 Å². The third-order valence-corrected chi connectivity index (χ3v) is 9.57. The van der Waals surface area contributed by atoms with Gasteiger partial charge in [0.05, 0.1) is 13.0 Å². The van der Waals surface area contributed by atoms with Gasteiger partial charge in [-0.2, -0.15) is 30.2 Å². The molecule has 0 radical (unpaired) electrons. The quantitative estimate of drug-likeness (QED) is 0.0252. The molecule has 1 aromatic heterocycles. The van der Waals surface area contributed by atoms with Crippen LogP contribution in [0.5, 0.6) is 0 Å². The van der Waals surface area contributed by atoms with Crippen molar-refractivity contribution in [2.75, 3.05) is 31.1 Å². The molecule has 0 unspecified atom stereocenters. The number of nitrogens with one attached hydrogen (secondary N) is 6. The number of rotatable bonds is 22. The first-order chi connectivity index (χ1) is 27.2. The van der Waals surface area contributed by atoms with Crippen LogP contribution in [0.1, 0.15) is 50.5 Å². The number of guanidine groups is 1. The Labute approximate surface area is 339 Å². The maximum absolute atomic E-state index is 14.3. The zero-order valence-corrected chi connectivity index (χ0v) is 33.0. The van der Waals surface area contributed by atoms with Gasteiger partial charge in [-0.15, -0.1) is 0 Å². The van der Waals surface area contributed by atoms with E-state index in [0.717, 1.165) is 10.9 Å². The first kappa shape index (κ1) is 46.0. The second-order valence-electron chi connectivity index (χ2n) is 13.2. The summed E-state index contributed by atoms with van der Waals surface area (Å²) in [6, 6.07) is 0.899. The molecule has 2 heterocycles. The second-order valence-corrected chi connectivity index (χ2v) is 14.1. The van der Waals surface area contributed by atoms with Crippen molar-refractivity contribution in [2.24, 2.45) is 22.2 Å². The third kappa shape index (κ3) is 14.3. The van der Waals surface area contributed by atoms with E-state index < -0.39 is 96.5 Å². The highest BCUT2D eigenvalue weighted by molar-refractivity contribution is 7.80. The number of likely N-dealkylation sites (tertiary alicyclic amines) is 1. The molecule has 3 rings (SSSR count). The molecule has 1 aliphatic heterocycles. The van der Waals surface area contributed by atoms with Gasteiger partial charge in [0.25, 0.3) is 5.91 Å². The van der Waals surface area contributed by atoms with Gasteiger partial charge < -0.3 is 58.8 Å². The zero-order chi connectivity index (χ0) is 42.1. The van der Waals surface area contributed by atoms with Gasteiger partial charge in [0.1, 0.15) is 30.2 Å². The number of nitrogens with two attached hydrogens (primary N) is 3. The second kappa shape index (κ2) is 23.0. The number of hydrogen-bond acceptors (Lipinski definition) is 11. The van der Waals surface area contributed by atoms with Crippen molar-refractivity contribution in [3.8, 4) is 0 Å². The van der Waals surface area contributed by atoms with Crippen LogP contribution in [0.15, 0.2) is 35.5 Å². The lowest BCUT2D eigenvalue weighted by molar-refractivity contribution is -0.143. The molecule has 1 fully saturated rings. The van der Waals surface area contributed by atoms with E-state index in [2.05, 4.69) is 61.8 Å². The molecule has 0 spiro atoms. The summed E-state index contributed by atoms with van der Waals surface area (Å²) in [5.74, 6) is -7.10. The summed E-state index contributed by atoms with van der Waals surface area (Å²) >= 11 is 8.13. The fourth-order valence-corrected chi connectivity index (χ4v) is 6.65. The van der Waals surface area contributed by atoms with E-state index >= 15 is 0 Å². The Kier molecular flexibility index (Phi) is 18.6. The van der Waals surface area contributed by atoms with Gasteiger partial charge in [-0.3, -0.25) is 38.4 Å². The molecule has 1 saturated heterocycles. The van der Waals surface area contributed by atoms with Crippen LogP contribution in [-0.2, 0) is 44.8 Å². The monoisotopic (exact) mass is 833 g/mol. The Morgan fingerprint density at radius 2 is 1.63 bits per heavy atom. The lowest BCUT2D eigenvalue weighted by atomic mass is 10.0. The van der Waals surface area contributed by atoms with E-state index in [4.69, 9.17) is 17.2 Å². The van der Waals surface area contributed by atoms with Crippen LogP contribution in [-0.4, -0.2) is 130 Å². The number of carboxylic acids is 1. The lowest BCUT2D eigenvalue weighted by Gasteiger charge is -2.30. The molecule has 0 bridgehead atoms. The van der Waals surface area contributed by atoms with Gasteiger partial charge in [-0.25, -0.2) is 0 Å². The smallest absolute Gasteiger partial charge is 0.305 e. The number of aromatic amines is 1. The molecule has 1 aliphatic rings. The molecule has 20 nitrogen and oxygen atoms in total. The van der Waals surface area contributed by atoms with Crippen molar-refractivity contribution in [2.45, 2.75) is 81.6 Å². The Morgan fingerprint density at radius 3 is 2.30 bits per heavy atom. The van der Waals surface area contributed by atoms with Gasteiger partial charge >= 0.3 is 5.97 Å². The molecule has 22 heteroatoms. The van der Waals surface area contributed by atoms with Crippen LogP contribution in [0, 0.1) is 0 Å². The molecule has 57 heavy (non-hydrogen) atoms. The van der Waals surface area contributed by atoms with Crippen molar-refractivity contribution in [3.63, 3.8) is 0 Å². The number of amides is 7. The van der Waals surface area contributed by atoms with Crippen molar-refractivity contribution in [1.82, 2.24) is 36.5 Å². The number of hydrogen-bond donors (Lipinski definition) is 12. The Morgan fingerprint density at radius 1 is 0.912 bits per heavy atom. The van der Waals surface area contributed by atoms with E-state index in [-0.39, 0.29) is 43.7 Å². The van der Waals surface area contributed by atoms with E-state index in [0.29, 0.717) is 31.4 Å². The molecule has 0 aliphatic carbocycles. The lowest BCUT2D eigenvalue weighted by Crippen LogP contribution is -2.59. The van der Waals surface area contributed by atoms with Crippen LogP contribution in [0.2, 0.25) is 0 Å². The molecule has 5 atom stereocenters. The van der Waals surface area contributed by atoms with Crippen molar-refractivity contribution in [3.05, 3.63) is 36.0 Å². The average Bonchev–Trinajstić information content (AvgIpc) is 3.82. The minimum atomic E-state index is -1.70. The third-order valence-electron chi connectivity index (χ3n) is 8.98. The summed E-state index contributed by atoms with van der Waals surface area (Å²) in [7, 11) is 0. The van der Waals surface area contributed by atoms with Crippen molar-refractivity contribution < 1.29 is 43.5 Å². The maximum Gasteiger partial charge on any atom is 0.305 e. The Hall–Kier alpha value is -5.35. The van der Waals surface area contributed by atoms with Gasteiger partial charge in [0.2, 0.25) is 35.4 Å². The minimum Gasteiger partial charge on any atom is -0.481 e. The molecule has 312 valence electrons. The molecule has 1 aromatic carbocycles. The number of unbranched alkanes of at least 4 members (excludes halogenated alkanes) is 1. The van der Waals surface area contributed by atoms with Gasteiger partial charge in [-0.05, 0) is 56.0 Å². The highest BCUT2D eigenvalue weighted by Crippen LogP contribution is 2.23. The minimum absolute atomic E-state index is 0.0594. The Balaban J connectivity index is 1.82. The number of para-hydroxylation sites is 1. The molecular weight excluding hydrogens is 783 g/mol. The number of thiol groups is 2. The number of fused-ring (bicyclic) bond motifs is 1. The van der Waals surface area contributed by atoms with Crippen LogP contribution >= 0.6 is 25.3 Å². The summed E-state index contributed by atoms with van der Waals surface area (Å²) in [5.41, 5.74) is 17.5. The summed E-state index contributed by atoms with van der Waals surface area (Å²) in [6.07, 6.45) is 2.69. The largest absolute Gasteiger partial charge is 0.481 e. The fourth-order valence-electron chi connectivity index (χ4n) is 6.20. The van der Waals surface area contributed by atoms with E-state index in [1.807, 2.05) is 6.07 Å². The topological polar surface area (TPSA) is 326 Å².